The lowest BCUT2D eigenvalue weighted by Gasteiger charge is -2.32. The van der Waals surface area contributed by atoms with Gasteiger partial charge >= 0.3 is 0 Å². The number of hydrogen-bond donors (Lipinski definition) is 1. The Morgan fingerprint density at radius 3 is 2.63 bits per heavy atom. The molecule has 9 nitrogen and oxygen atoms in total. The molecule has 0 saturated carbocycles. The number of aryl methyl sites for hydroxylation is 1. The van der Waals surface area contributed by atoms with Crippen molar-refractivity contribution in [2.75, 3.05) is 31.1 Å². The SMILES string of the molecule is Cc1cc(Oc2ccc(C(N)=O)cc2)nc([C@@H]2CCCN(Cc3ccnc(N4CCCC4)n3)C2)n1. The zero-order valence-electron chi connectivity index (χ0n) is 20.1. The number of benzene rings is 1. The molecule has 4 heterocycles. The van der Waals surface area contributed by atoms with Gasteiger partial charge in [-0.2, -0.15) is 4.98 Å². The molecule has 2 aliphatic rings. The molecule has 2 N–H and O–H groups in total. The van der Waals surface area contributed by atoms with Crippen LogP contribution in [0.5, 0.6) is 11.6 Å². The van der Waals surface area contributed by atoms with Crippen molar-refractivity contribution < 1.29 is 9.53 Å². The number of rotatable bonds is 7. The van der Waals surface area contributed by atoms with Gasteiger partial charge in [0.2, 0.25) is 17.7 Å². The number of piperidine rings is 1. The lowest BCUT2D eigenvalue weighted by molar-refractivity contribution is 0.100. The van der Waals surface area contributed by atoms with Crippen molar-refractivity contribution in [2.45, 2.75) is 45.1 Å². The van der Waals surface area contributed by atoms with Gasteiger partial charge in [0.15, 0.2) is 0 Å². The first-order valence-corrected chi connectivity index (χ1v) is 12.3. The highest BCUT2D eigenvalue weighted by atomic mass is 16.5. The zero-order chi connectivity index (χ0) is 24.2. The summed E-state index contributed by atoms with van der Waals surface area (Å²) in [6.07, 6.45) is 6.41. The second-order valence-electron chi connectivity index (χ2n) is 9.31. The maximum Gasteiger partial charge on any atom is 0.248 e. The summed E-state index contributed by atoms with van der Waals surface area (Å²) in [6.45, 7) is 6.73. The minimum Gasteiger partial charge on any atom is -0.439 e. The standard InChI is InChI=1S/C26H31N7O2/c1-18-15-23(35-22-8-6-19(7-9-22)24(27)34)31-25(29-18)20-5-4-12-32(16-20)17-21-10-11-28-26(30-21)33-13-2-3-14-33/h6-11,15,20H,2-5,12-14,16-17H2,1H3,(H2,27,34)/t20-/m1/s1. The molecule has 2 saturated heterocycles. The van der Waals surface area contributed by atoms with Crippen molar-refractivity contribution in [3.63, 3.8) is 0 Å². The highest BCUT2D eigenvalue weighted by Crippen LogP contribution is 2.28. The average Bonchev–Trinajstić information content (AvgIpc) is 3.40. The molecule has 2 fully saturated rings. The Hall–Kier alpha value is -3.59. The molecule has 5 rings (SSSR count). The molecule has 0 spiro atoms. The number of amides is 1. The maximum absolute atomic E-state index is 11.3. The third-order valence-corrected chi connectivity index (χ3v) is 6.55. The summed E-state index contributed by atoms with van der Waals surface area (Å²) in [5.41, 5.74) is 7.68. The van der Waals surface area contributed by atoms with Gasteiger partial charge < -0.3 is 15.4 Å². The predicted molar refractivity (Wildman–Crippen MR) is 133 cm³/mol. The van der Waals surface area contributed by atoms with Gasteiger partial charge in [-0.3, -0.25) is 9.69 Å². The predicted octanol–water partition coefficient (Wildman–Crippen LogP) is 3.45. The Balaban J connectivity index is 1.26. The molecule has 2 aliphatic heterocycles. The van der Waals surface area contributed by atoms with E-state index in [9.17, 15) is 4.79 Å². The largest absolute Gasteiger partial charge is 0.439 e. The summed E-state index contributed by atoms with van der Waals surface area (Å²) in [6, 6.07) is 10.6. The van der Waals surface area contributed by atoms with Crippen LogP contribution in [-0.4, -0.2) is 56.9 Å². The number of aromatic nitrogens is 4. The molecule has 0 radical (unpaired) electrons. The molecular formula is C26H31N7O2. The Labute approximate surface area is 205 Å². The van der Waals surface area contributed by atoms with E-state index >= 15 is 0 Å². The molecule has 1 aromatic carbocycles. The minimum absolute atomic E-state index is 0.225. The molecule has 9 heteroatoms. The summed E-state index contributed by atoms with van der Waals surface area (Å²) in [7, 11) is 0. The molecule has 0 aliphatic carbocycles. The fourth-order valence-corrected chi connectivity index (χ4v) is 4.79. The first kappa shape index (κ1) is 23.2. The lowest BCUT2D eigenvalue weighted by Crippen LogP contribution is -2.35. The Morgan fingerprint density at radius 2 is 1.86 bits per heavy atom. The van der Waals surface area contributed by atoms with E-state index in [0.717, 1.165) is 68.7 Å². The number of hydrogen-bond acceptors (Lipinski definition) is 8. The summed E-state index contributed by atoms with van der Waals surface area (Å²) in [5, 5.41) is 0. The van der Waals surface area contributed by atoms with Gasteiger partial charge in [-0.25, -0.2) is 15.0 Å². The van der Waals surface area contributed by atoms with Gasteiger partial charge in [0.1, 0.15) is 11.6 Å². The molecule has 0 unspecified atom stereocenters. The number of carbonyl (C=O) groups excluding carboxylic acids is 1. The minimum atomic E-state index is -0.465. The highest BCUT2D eigenvalue weighted by molar-refractivity contribution is 5.92. The van der Waals surface area contributed by atoms with Crippen LogP contribution in [0.25, 0.3) is 0 Å². The number of ether oxygens (including phenoxy) is 1. The van der Waals surface area contributed by atoms with E-state index in [0.29, 0.717) is 17.2 Å². The van der Waals surface area contributed by atoms with Crippen LogP contribution in [0.15, 0.2) is 42.6 Å². The number of anilines is 1. The van der Waals surface area contributed by atoms with E-state index in [-0.39, 0.29) is 5.92 Å². The summed E-state index contributed by atoms with van der Waals surface area (Å²) in [5.74, 6) is 2.51. The second kappa shape index (κ2) is 10.4. The highest BCUT2D eigenvalue weighted by Gasteiger charge is 2.25. The fourth-order valence-electron chi connectivity index (χ4n) is 4.79. The van der Waals surface area contributed by atoms with Crippen molar-refractivity contribution >= 4 is 11.9 Å². The number of nitrogens with two attached hydrogens (primary N) is 1. The first-order valence-electron chi connectivity index (χ1n) is 12.3. The normalized spacial score (nSPS) is 18.5. The van der Waals surface area contributed by atoms with Crippen LogP contribution in [-0.2, 0) is 6.54 Å². The third kappa shape index (κ3) is 5.74. The molecule has 35 heavy (non-hydrogen) atoms. The summed E-state index contributed by atoms with van der Waals surface area (Å²) < 4.78 is 5.97. The van der Waals surface area contributed by atoms with E-state index in [4.69, 9.17) is 25.4 Å². The van der Waals surface area contributed by atoms with Gasteiger partial charge in [0.25, 0.3) is 0 Å². The van der Waals surface area contributed by atoms with E-state index in [1.807, 2.05) is 25.3 Å². The van der Waals surface area contributed by atoms with Gasteiger partial charge in [0.05, 0.1) is 5.69 Å². The van der Waals surface area contributed by atoms with Gasteiger partial charge in [0, 0.05) is 55.6 Å². The van der Waals surface area contributed by atoms with E-state index in [2.05, 4.69) is 14.8 Å². The quantitative estimate of drug-likeness (QED) is 0.556. The number of primary amides is 1. The molecule has 3 aromatic rings. The van der Waals surface area contributed by atoms with Crippen molar-refractivity contribution in [2.24, 2.45) is 5.73 Å². The van der Waals surface area contributed by atoms with Gasteiger partial charge in [-0.05, 0) is 69.5 Å². The molecular weight excluding hydrogens is 442 g/mol. The van der Waals surface area contributed by atoms with Crippen LogP contribution in [0.4, 0.5) is 5.95 Å². The van der Waals surface area contributed by atoms with Crippen molar-refractivity contribution in [1.82, 2.24) is 24.8 Å². The van der Waals surface area contributed by atoms with Crippen molar-refractivity contribution in [3.05, 3.63) is 65.4 Å². The van der Waals surface area contributed by atoms with Crippen molar-refractivity contribution in [3.8, 4) is 11.6 Å². The molecule has 0 bridgehead atoms. The lowest BCUT2D eigenvalue weighted by atomic mass is 9.97. The molecule has 1 atom stereocenters. The van der Waals surface area contributed by atoms with Crippen LogP contribution in [0.2, 0.25) is 0 Å². The zero-order valence-corrected chi connectivity index (χ0v) is 20.1. The van der Waals surface area contributed by atoms with Crippen LogP contribution in [0, 0.1) is 6.92 Å². The van der Waals surface area contributed by atoms with Crippen LogP contribution >= 0.6 is 0 Å². The van der Waals surface area contributed by atoms with Crippen molar-refractivity contribution in [1.29, 1.82) is 0 Å². The Morgan fingerprint density at radius 1 is 1.06 bits per heavy atom. The molecule has 2 aromatic heterocycles. The number of nitrogens with zero attached hydrogens (tertiary/aromatic N) is 6. The van der Waals surface area contributed by atoms with E-state index in [1.165, 1.54) is 12.8 Å². The van der Waals surface area contributed by atoms with E-state index < -0.39 is 5.91 Å². The van der Waals surface area contributed by atoms with Gasteiger partial charge in [-0.15, -0.1) is 0 Å². The first-order chi connectivity index (χ1) is 17.0. The third-order valence-electron chi connectivity index (χ3n) is 6.55. The summed E-state index contributed by atoms with van der Waals surface area (Å²) >= 11 is 0. The second-order valence-corrected chi connectivity index (χ2v) is 9.31. The molecule has 1 amide bonds. The van der Waals surface area contributed by atoms with Crippen LogP contribution in [0.1, 0.15) is 59.2 Å². The monoisotopic (exact) mass is 473 g/mol. The van der Waals surface area contributed by atoms with Crippen LogP contribution < -0.4 is 15.4 Å². The number of likely N-dealkylation sites (tertiary alicyclic amines) is 1. The number of carbonyl (C=O) groups is 1. The fraction of sp³-hybridized carbons (Fsp3) is 0.423. The maximum atomic E-state index is 11.3. The average molecular weight is 474 g/mol. The Kier molecular flexibility index (Phi) is 6.85. The summed E-state index contributed by atoms with van der Waals surface area (Å²) in [4.78, 5) is 34.8. The topological polar surface area (TPSA) is 110 Å². The van der Waals surface area contributed by atoms with E-state index in [1.54, 1.807) is 24.3 Å². The Bertz CT molecular complexity index is 1180. The van der Waals surface area contributed by atoms with Crippen LogP contribution in [0.3, 0.4) is 0 Å². The molecule has 182 valence electrons. The smallest absolute Gasteiger partial charge is 0.248 e. The van der Waals surface area contributed by atoms with Gasteiger partial charge in [-0.1, -0.05) is 0 Å².